The molecule has 20 heavy (non-hydrogen) atoms. The maximum atomic E-state index is 11.7. The maximum Gasteiger partial charge on any atom is 0.339 e. The molecule has 7 nitrogen and oxygen atoms in total. The highest BCUT2D eigenvalue weighted by molar-refractivity contribution is 6.35. The zero-order chi connectivity index (χ0) is 14.7. The summed E-state index contributed by atoms with van der Waals surface area (Å²) in [6, 6.07) is 3.21. The van der Waals surface area contributed by atoms with E-state index in [2.05, 4.69) is 19.7 Å². The van der Waals surface area contributed by atoms with Gasteiger partial charge in [0, 0.05) is 11.1 Å². The lowest BCUT2D eigenvalue weighted by Crippen LogP contribution is -2.03. The minimum atomic E-state index is -0.663. The molecule has 2 rings (SSSR count). The summed E-state index contributed by atoms with van der Waals surface area (Å²) in [5.41, 5.74) is 9.19. The second-order valence-corrected chi connectivity index (χ2v) is 4.08. The summed E-state index contributed by atoms with van der Waals surface area (Å²) in [5, 5.41) is 4.27. The van der Waals surface area contributed by atoms with E-state index in [9.17, 15) is 4.79 Å². The summed E-state index contributed by atoms with van der Waals surface area (Å²) >= 11 is 6.05. The molecular formula is C12H9ClN4O3. The number of nitrogens with zero attached hydrogens (tertiary/aromatic N) is 4. The fourth-order valence-corrected chi connectivity index (χ4v) is 2.01. The molecule has 0 radical (unpaired) electrons. The molecule has 102 valence electrons. The fraction of sp³-hybridized carbons (Fsp3) is 0.167. The number of carbonyl (C=O) groups is 1. The van der Waals surface area contributed by atoms with Crippen LogP contribution in [0.25, 0.3) is 21.3 Å². The van der Waals surface area contributed by atoms with E-state index in [1.165, 1.54) is 20.4 Å². The predicted molar refractivity (Wildman–Crippen MR) is 73.5 cm³/mol. The molecule has 0 bridgehead atoms. The summed E-state index contributed by atoms with van der Waals surface area (Å²) in [6.45, 7) is 0. The summed E-state index contributed by atoms with van der Waals surface area (Å²) in [5.74, 6) is -0.270. The Labute approximate surface area is 118 Å². The van der Waals surface area contributed by atoms with Crippen molar-refractivity contribution >= 4 is 34.2 Å². The third kappa shape index (κ3) is 2.20. The highest BCUT2D eigenvalue weighted by Crippen LogP contribution is 2.39. The molecule has 0 N–H and O–H groups in total. The Balaban J connectivity index is 2.96. The first kappa shape index (κ1) is 13.9. The SMILES string of the molecule is COC(=O)c1cnc2c(Cl)ccc(OC)c2c1N=[N+]=[N-]. The van der Waals surface area contributed by atoms with E-state index in [1.54, 1.807) is 12.1 Å². The number of carbonyl (C=O) groups excluding carboxylic acids is 1. The summed E-state index contributed by atoms with van der Waals surface area (Å²) in [4.78, 5) is 18.6. The number of azide groups is 1. The molecule has 0 aliphatic carbocycles. The van der Waals surface area contributed by atoms with Gasteiger partial charge in [0.15, 0.2) is 0 Å². The molecule has 1 heterocycles. The van der Waals surface area contributed by atoms with E-state index < -0.39 is 5.97 Å². The van der Waals surface area contributed by atoms with Gasteiger partial charge in [-0.3, -0.25) is 4.98 Å². The zero-order valence-electron chi connectivity index (χ0n) is 10.6. The quantitative estimate of drug-likeness (QED) is 0.373. The lowest BCUT2D eigenvalue weighted by Gasteiger charge is -2.11. The van der Waals surface area contributed by atoms with Crippen LogP contribution in [0, 0.1) is 0 Å². The van der Waals surface area contributed by atoms with Gasteiger partial charge in [-0.1, -0.05) is 16.7 Å². The van der Waals surface area contributed by atoms with E-state index >= 15 is 0 Å². The van der Waals surface area contributed by atoms with Crippen molar-refractivity contribution in [2.45, 2.75) is 0 Å². The number of ether oxygens (including phenoxy) is 2. The summed E-state index contributed by atoms with van der Waals surface area (Å²) < 4.78 is 9.84. The minimum Gasteiger partial charge on any atom is -0.496 e. The lowest BCUT2D eigenvalue weighted by molar-refractivity contribution is 0.0601. The van der Waals surface area contributed by atoms with Crippen LogP contribution in [0.5, 0.6) is 5.75 Å². The first-order valence-electron chi connectivity index (χ1n) is 5.42. The molecule has 0 aliphatic rings. The Hall–Kier alpha value is -2.50. The molecule has 0 saturated heterocycles. The van der Waals surface area contributed by atoms with Crippen LogP contribution in [-0.2, 0) is 4.74 Å². The van der Waals surface area contributed by atoms with Crippen molar-refractivity contribution in [2.24, 2.45) is 5.11 Å². The molecular weight excluding hydrogens is 284 g/mol. The minimum absolute atomic E-state index is 0.0402. The van der Waals surface area contributed by atoms with Crippen LogP contribution in [0.2, 0.25) is 5.02 Å². The zero-order valence-corrected chi connectivity index (χ0v) is 11.4. The van der Waals surface area contributed by atoms with Crippen molar-refractivity contribution in [1.29, 1.82) is 0 Å². The average molecular weight is 293 g/mol. The van der Waals surface area contributed by atoms with E-state index in [-0.39, 0.29) is 11.3 Å². The molecule has 0 amide bonds. The standard InChI is InChI=1S/C12H9ClN4O3/c1-19-8-4-3-7(13)11-9(8)10(16-17-14)6(5-15-11)12(18)20-2/h3-5H,1-2H3. The van der Waals surface area contributed by atoms with Crippen molar-refractivity contribution in [2.75, 3.05) is 14.2 Å². The Bertz CT molecular complexity index is 741. The van der Waals surface area contributed by atoms with E-state index in [0.29, 0.717) is 21.7 Å². The number of hydrogen-bond donors (Lipinski definition) is 0. The van der Waals surface area contributed by atoms with Gasteiger partial charge in [-0.25, -0.2) is 4.79 Å². The van der Waals surface area contributed by atoms with Crippen LogP contribution in [0.3, 0.4) is 0 Å². The third-order valence-electron chi connectivity index (χ3n) is 2.68. The lowest BCUT2D eigenvalue weighted by atomic mass is 10.1. The van der Waals surface area contributed by atoms with Gasteiger partial charge in [0.1, 0.15) is 5.75 Å². The molecule has 0 aliphatic heterocycles. The Morgan fingerprint density at radius 1 is 1.45 bits per heavy atom. The molecule has 1 aromatic carbocycles. The first-order chi connectivity index (χ1) is 9.63. The summed E-state index contributed by atoms with van der Waals surface area (Å²) in [6.07, 6.45) is 1.25. The second-order valence-electron chi connectivity index (χ2n) is 3.67. The normalized spacial score (nSPS) is 9.95. The maximum absolute atomic E-state index is 11.7. The number of hydrogen-bond acceptors (Lipinski definition) is 5. The number of aromatic nitrogens is 1. The van der Waals surface area contributed by atoms with Gasteiger partial charge in [0.05, 0.1) is 41.4 Å². The number of methoxy groups -OCH3 is 2. The Morgan fingerprint density at radius 3 is 2.80 bits per heavy atom. The number of esters is 1. The molecule has 0 spiro atoms. The van der Waals surface area contributed by atoms with Gasteiger partial charge >= 0.3 is 5.97 Å². The van der Waals surface area contributed by atoms with Crippen LogP contribution in [-0.4, -0.2) is 25.2 Å². The van der Waals surface area contributed by atoms with Crippen LogP contribution >= 0.6 is 11.6 Å². The van der Waals surface area contributed by atoms with Crippen LogP contribution in [0.15, 0.2) is 23.4 Å². The van der Waals surface area contributed by atoms with Gasteiger partial charge in [-0.15, -0.1) is 0 Å². The van der Waals surface area contributed by atoms with E-state index in [1.807, 2.05) is 0 Å². The van der Waals surface area contributed by atoms with Crippen molar-refractivity contribution in [3.05, 3.63) is 39.4 Å². The van der Waals surface area contributed by atoms with E-state index in [4.69, 9.17) is 21.9 Å². The highest BCUT2D eigenvalue weighted by atomic mass is 35.5. The number of halogens is 1. The van der Waals surface area contributed by atoms with Crippen molar-refractivity contribution in [3.63, 3.8) is 0 Å². The molecule has 0 unspecified atom stereocenters. The third-order valence-corrected chi connectivity index (χ3v) is 2.98. The molecule has 0 atom stereocenters. The van der Waals surface area contributed by atoms with Crippen molar-refractivity contribution in [3.8, 4) is 5.75 Å². The number of fused-ring (bicyclic) bond motifs is 1. The van der Waals surface area contributed by atoms with E-state index in [0.717, 1.165) is 0 Å². The number of rotatable bonds is 3. The van der Waals surface area contributed by atoms with Gasteiger partial charge in [0.2, 0.25) is 0 Å². The molecule has 1 aromatic heterocycles. The topological polar surface area (TPSA) is 97.2 Å². The highest BCUT2D eigenvalue weighted by Gasteiger charge is 2.19. The van der Waals surface area contributed by atoms with Crippen molar-refractivity contribution in [1.82, 2.24) is 4.98 Å². The fourth-order valence-electron chi connectivity index (χ4n) is 1.81. The number of pyridine rings is 1. The predicted octanol–water partition coefficient (Wildman–Crippen LogP) is 3.63. The molecule has 2 aromatic rings. The Kier molecular flexibility index (Phi) is 3.93. The summed E-state index contributed by atoms with van der Waals surface area (Å²) in [7, 11) is 2.68. The Morgan fingerprint density at radius 2 is 2.20 bits per heavy atom. The largest absolute Gasteiger partial charge is 0.496 e. The van der Waals surface area contributed by atoms with Gasteiger partial charge in [-0.2, -0.15) is 0 Å². The molecule has 0 saturated carbocycles. The first-order valence-corrected chi connectivity index (χ1v) is 5.80. The van der Waals surface area contributed by atoms with Crippen LogP contribution in [0.1, 0.15) is 10.4 Å². The van der Waals surface area contributed by atoms with Crippen LogP contribution in [0.4, 0.5) is 5.69 Å². The monoisotopic (exact) mass is 292 g/mol. The van der Waals surface area contributed by atoms with Crippen molar-refractivity contribution < 1.29 is 14.3 Å². The second kappa shape index (κ2) is 5.64. The van der Waals surface area contributed by atoms with Gasteiger partial charge < -0.3 is 9.47 Å². The molecule has 8 heteroatoms. The van der Waals surface area contributed by atoms with Gasteiger partial charge in [-0.05, 0) is 17.7 Å². The average Bonchev–Trinajstić information content (AvgIpc) is 2.47. The van der Waals surface area contributed by atoms with Crippen LogP contribution < -0.4 is 4.74 Å². The smallest absolute Gasteiger partial charge is 0.339 e. The number of benzene rings is 1. The molecule has 0 fully saturated rings. The van der Waals surface area contributed by atoms with Gasteiger partial charge in [0.25, 0.3) is 0 Å².